The molecule has 2 N–H and O–H groups in total. The zero-order chi connectivity index (χ0) is 31.8. The van der Waals surface area contributed by atoms with Gasteiger partial charge in [-0.3, -0.25) is 4.57 Å². The van der Waals surface area contributed by atoms with Crippen molar-refractivity contribution in [2.75, 3.05) is 46.9 Å². The number of methoxy groups -OCH3 is 3. The first kappa shape index (κ1) is 39.2. The quantitative estimate of drug-likeness (QED) is 0.134. The van der Waals surface area contributed by atoms with Gasteiger partial charge in [0, 0.05) is 6.42 Å². The van der Waals surface area contributed by atoms with Gasteiger partial charge in [-0.15, -0.1) is 0 Å². The first-order valence-electron chi connectivity index (χ1n) is 13.8. The van der Waals surface area contributed by atoms with Crippen LogP contribution in [0.4, 0.5) is 0 Å². The van der Waals surface area contributed by atoms with Crippen molar-refractivity contribution in [3.05, 3.63) is 35.4 Å². The molecule has 0 saturated carbocycles. The van der Waals surface area contributed by atoms with Gasteiger partial charge in [-0.1, -0.05) is 6.92 Å². The molecule has 242 valence electrons. The molecule has 0 amide bonds. The number of benzene rings is 2. The number of ether oxygens (including phenoxy) is 6. The van der Waals surface area contributed by atoms with Crippen molar-refractivity contribution in [2.24, 2.45) is 0 Å². The molecular formula is C28H40KO13PS. The molecule has 16 heteroatoms. The van der Waals surface area contributed by atoms with Gasteiger partial charge >= 0.3 is 51.4 Å². The zero-order valence-corrected chi connectivity index (χ0v) is 30.8. The fraction of sp³-hybridized carbons (Fsp3) is 0.571. The molecule has 3 rings (SSSR count). The van der Waals surface area contributed by atoms with E-state index in [0.29, 0.717) is 42.1 Å². The van der Waals surface area contributed by atoms with Crippen LogP contribution in [0.1, 0.15) is 62.9 Å². The minimum Gasteiger partial charge on any atom is -0.756 e. The van der Waals surface area contributed by atoms with E-state index in [1.165, 1.54) is 34.3 Å². The predicted octanol–water partition coefficient (Wildman–Crippen LogP) is 0.499. The number of phosphoric acid groups is 1. The second-order valence-electron chi connectivity index (χ2n) is 9.98. The Bertz CT molecular complexity index is 1350. The third-order valence-corrected chi connectivity index (χ3v) is 8.94. The first-order chi connectivity index (χ1) is 20.3. The molecule has 0 aromatic heterocycles. The maximum absolute atomic E-state index is 13.4. The van der Waals surface area contributed by atoms with Crippen LogP contribution in [0.5, 0.6) is 28.7 Å². The molecule has 1 aliphatic rings. The summed E-state index contributed by atoms with van der Waals surface area (Å²) < 4.78 is 76.6. The maximum Gasteiger partial charge on any atom is 1.00 e. The molecule has 0 aliphatic carbocycles. The average molecular weight is 687 g/mol. The molecule has 4 atom stereocenters. The SMILES string of the molecule is CCCOc1c(OCCCOP(=O)([O-])O)cc([C@@H]2CC[C@@H](c3cc(OC)c(OC)c(OC)c3)O2)cc1S(=O)(=O)C[C@H](C)O.[K+]. The summed E-state index contributed by atoms with van der Waals surface area (Å²) >= 11 is 0. The van der Waals surface area contributed by atoms with E-state index in [4.69, 9.17) is 33.3 Å². The van der Waals surface area contributed by atoms with Gasteiger partial charge in [-0.25, -0.2) is 8.42 Å². The second kappa shape index (κ2) is 17.8. The molecule has 1 fully saturated rings. The van der Waals surface area contributed by atoms with Crippen LogP contribution < -0.4 is 80.0 Å². The van der Waals surface area contributed by atoms with E-state index >= 15 is 0 Å². The van der Waals surface area contributed by atoms with Gasteiger partial charge < -0.3 is 47.8 Å². The molecule has 13 nitrogen and oxygen atoms in total. The van der Waals surface area contributed by atoms with E-state index in [2.05, 4.69) is 4.52 Å². The summed E-state index contributed by atoms with van der Waals surface area (Å²) in [6, 6.07) is 6.73. The predicted molar refractivity (Wildman–Crippen MR) is 154 cm³/mol. The van der Waals surface area contributed by atoms with Gasteiger partial charge in [0.1, 0.15) is 4.90 Å². The normalized spacial score (nSPS) is 18.5. The van der Waals surface area contributed by atoms with Gasteiger partial charge in [0.15, 0.2) is 32.8 Å². The summed E-state index contributed by atoms with van der Waals surface area (Å²) in [5, 5.41) is 9.93. The largest absolute Gasteiger partial charge is 1.00 e. The standard InChI is InChI=1S/C28H41O13PS.K/c1-6-10-39-28-25(38-11-7-12-40-42(30,31)32)15-20(16-26(28)43(33,34)17-18(2)29)22-9-8-21(41-22)19-13-23(35-3)27(37-5)24(14-19)36-4;/h13-16,18,21-22,29H,6-12,17H2,1-5H3,(H2,30,31,32);/q;+1/p-1/t18-,21-,22-;/m0./s1. The Hall–Kier alpha value is -0.944. The van der Waals surface area contributed by atoms with E-state index in [1.807, 2.05) is 6.92 Å². The summed E-state index contributed by atoms with van der Waals surface area (Å²) in [6.45, 7) is 3.03. The van der Waals surface area contributed by atoms with Crippen molar-refractivity contribution in [2.45, 2.75) is 62.7 Å². The Morgan fingerprint density at radius 3 is 2.00 bits per heavy atom. The molecule has 0 bridgehead atoms. The first-order valence-corrected chi connectivity index (χ1v) is 17.0. The van der Waals surface area contributed by atoms with Gasteiger partial charge in [-0.05, 0) is 61.6 Å². The Morgan fingerprint density at radius 1 is 0.932 bits per heavy atom. The molecule has 1 heterocycles. The second-order valence-corrected chi connectivity index (χ2v) is 13.2. The Morgan fingerprint density at radius 2 is 1.50 bits per heavy atom. The number of hydrogen-bond acceptors (Lipinski definition) is 12. The van der Waals surface area contributed by atoms with Crippen LogP contribution >= 0.6 is 7.82 Å². The van der Waals surface area contributed by atoms with Crippen molar-refractivity contribution < 1.29 is 112 Å². The van der Waals surface area contributed by atoms with Crippen LogP contribution in [0.15, 0.2) is 29.2 Å². The monoisotopic (exact) mass is 686 g/mol. The smallest absolute Gasteiger partial charge is 0.756 e. The van der Waals surface area contributed by atoms with Gasteiger partial charge in [0.2, 0.25) is 5.75 Å². The number of hydrogen-bond donors (Lipinski definition) is 2. The van der Waals surface area contributed by atoms with E-state index < -0.39 is 35.6 Å². The average Bonchev–Trinajstić information content (AvgIpc) is 3.44. The minimum absolute atomic E-state index is 0. The van der Waals surface area contributed by atoms with Crippen molar-refractivity contribution in [1.29, 1.82) is 0 Å². The van der Waals surface area contributed by atoms with E-state index in [9.17, 15) is 23.0 Å². The number of aliphatic hydroxyl groups is 1. The Kier molecular flexibility index (Phi) is 15.9. The van der Waals surface area contributed by atoms with E-state index in [-0.39, 0.29) is 100 Å². The van der Waals surface area contributed by atoms with Crippen molar-refractivity contribution >= 4 is 17.7 Å². The molecule has 0 radical (unpaired) electrons. The number of phosphoric ester groups is 1. The molecule has 0 spiro atoms. The topological polar surface area (TPSA) is 179 Å². The summed E-state index contributed by atoms with van der Waals surface area (Å²) in [5.41, 5.74) is 1.31. The molecule has 1 aliphatic heterocycles. The number of rotatable bonds is 17. The molecule has 1 unspecified atom stereocenters. The van der Waals surface area contributed by atoms with Gasteiger partial charge in [0.25, 0.3) is 7.82 Å². The summed E-state index contributed by atoms with van der Waals surface area (Å²) in [5.74, 6) is 0.959. The molecule has 44 heavy (non-hydrogen) atoms. The third-order valence-electron chi connectivity index (χ3n) is 6.54. The van der Waals surface area contributed by atoms with Gasteiger partial charge in [0.05, 0.1) is 65.2 Å². The fourth-order valence-corrected chi connectivity index (χ4v) is 6.64. The van der Waals surface area contributed by atoms with Crippen LogP contribution in [0.2, 0.25) is 0 Å². The van der Waals surface area contributed by atoms with Crippen LogP contribution in [-0.2, 0) is 23.7 Å². The van der Waals surface area contributed by atoms with Crippen molar-refractivity contribution in [3.63, 3.8) is 0 Å². The van der Waals surface area contributed by atoms with Crippen molar-refractivity contribution in [1.82, 2.24) is 0 Å². The summed E-state index contributed by atoms with van der Waals surface area (Å²) in [7, 11) is -4.36. The number of sulfone groups is 1. The maximum atomic E-state index is 13.4. The van der Waals surface area contributed by atoms with Gasteiger partial charge in [-0.2, -0.15) is 0 Å². The number of aliphatic hydroxyl groups excluding tert-OH is 1. The molecule has 2 aromatic carbocycles. The fourth-order valence-electron chi connectivity index (χ4n) is 4.71. The minimum atomic E-state index is -4.89. The Labute approximate surface area is 301 Å². The van der Waals surface area contributed by atoms with Crippen molar-refractivity contribution in [3.8, 4) is 28.7 Å². The van der Waals surface area contributed by atoms with Crippen LogP contribution in [-0.4, -0.2) is 71.4 Å². The van der Waals surface area contributed by atoms with Crippen LogP contribution in [0, 0.1) is 0 Å². The van der Waals surface area contributed by atoms with E-state index in [1.54, 1.807) is 18.2 Å². The third kappa shape index (κ3) is 10.8. The summed E-state index contributed by atoms with van der Waals surface area (Å²) in [4.78, 5) is 19.5. The zero-order valence-electron chi connectivity index (χ0n) is 25.9. The molecule has 2 aromatic rings. The van der Waals surface area contributed by atoms with E-state index in [0.717, 1.165) is 5.56 Å². The molecule has 1 saturated heterocycles. The molecular weight excluding hydrogens is 646 g/mol. The van der Waals surface area contributed by atoms with Crippen LogP contribution in [0.3, 0.4) is 0 Å². The Balaban J connectivity index is 0.00000675. The van der Waals surface area contributed by atoms with Crippen LogP contribution in [0.25, 0.3) is 0 Å². The summed E-state index contributed by atoms with van der Waals surface area (Å²) in [6.07, 6.45) is -0.203.